The lowest BCUT2D eigenvalue weighted by molar-refractivity contribution is 0.0534. The predicted molar refractivity (Wildman–Crippen MR) is 44.1 cm³/mol. The summed E-state index contributed by atoms with van der Waals surface area (Å²) in [5, 5.41) is 0. The highest BCUT2D eigenvalue weighted by molar-refractivity contribution is 6.01. The van der Waals surface area contributed by atoms with Gasteiger partial charge in [0.1, 0.15) is 6.61 Å². The quantitative estimate of drug-likeness (QED) is 0.633. The molecule has 1 aromatic rings. The zero-order valence-electron chi connectivity index (χ0n) is 6.74. The Balaban J connectivity index is 2.63. The van der Waals surface area contributed by atoms with Crippen LogP contribution in [0.15, 0.2) is 18.2 Å². The molecule has 0 fully saturated rings. The largest absolute Gasteiger partial charge is 0.457 e. The van der Waals surface area contributed by atoms with Crippen molar-refractivity contribution in [2.75, 3.05) is 0 Å². The molecule has 66 valence electrons. The first-order valence-corrected chi connectivity index (χ1v) is 3.79. The van der Waals surface area contributed by atoms with Crippen LogP contribution in [0.25, 0.3) is 0 Å². The van der Waals surface area contributed by atoms with Gasteiger partial charge < -0.3 is 10.5 Å². The van der Waals surface area contributed by atoms with E-state index >= 15 is 0 Å². The first kappa shape index (κ1) is 7.79. The second kappa shape index (κ2) is 2.58. The number of amides is 1. The summed E-state index contributed by atoms with van der Waals surface area (Å²) in [7, 11) is 0. The van der Waals surface area contributed by atoms with Crippen molar-refractivity contribution in [2.24, 2.45) is 5.73 Å². The molecule has 13 heavy (non-hydrogen) atoms. The molecule has 4 nitrogen and oxygen atoms in total. The molecule has 0 unspecified atom stereocenters. The topological polar surface area (TPSA) is 69.4 Å². The third-order valence-electron chi connectivity index (χ3n) is 2.01. The first-order valence-electron chi connectivity index (χ1n) is 3.79. The molecule has 0 atom stereocenters. The van der Waals surface area contributed by atoms with Gasteiger partial charge in [-0.05, 0) is 12.1 Å². The van der Waals surface area contributed by atoms with Crippen LogP contribution in [0, 0.1) is 0 Å². The van der Waals surface area contributed by atoms with Crippen molar-refractivity contribution in [3.8, 4) is 0 Å². The summed E-state index contributed by atoms with van der Waals surface area (Å²) in [6, 6.07) is 4.83. The number of benzene rings is 1. The van der Waals surface area contributed by atoms with Gasteiger partial charge in [-0.25, -0.2) is 4.79 Å². The standard InChI is InChI=1S/C9H7NO3/c10-8(11)5-2-1-3-6-7(5)4-13-9(6)12/h1-3H,4H2,(H2,10,11). The minimum Gasteiger partial charge on any atom is -0.457 e. The fraction of sp³-hybridized carbons (Fsp3) is 0.111. The number of carbonyl (C=O) groups is 2. The Bertz CT molecular complexity index is 398. The Labute approximate surface area is 74.3 Å². The van der Waals surface area contributed by atoms with Crippen LogP contribution in [0.5, 0.6) is 0 Å². The van der Waals surface area contributed by atoms with Gasteiger partial charge in [0.25, 0.3) is 0 Å². The second-order valence-electron chi connectivity index (χ2n) is 2.77. The van der Waals surface area contributed by atoms with E-state index in [-0.39, 0.29) is 6.61 Å². The summed E-state index contributed by atoms with van der Waals surface area (Å²) in [6.45, 7) is 0.146. The number of carbonyl (C=O) groups excluding carboxylic acids is 2. The van der Waals surface area contributed by atoms with Crippen LogP contribution in [0.2, 0.25) is 0 Å². The molecule has 1 heterocycles. The molecule has 2 rings (SSSR count). The molecule has 1 aliphatic heterocycles. The number of rotatable bonds is 1. The highest BCUT2D eigenvalue weighted by Crippen LogP contribution is 2.22. The van der Waals surface area contributed by atoms with E-state index in [1.165, 1.54) is 0 Å². The van der Waals surface area contributed by atoms with E-state index in [2.05, 4.69) is 0 Å². The number of ether oxygens (including phenoxy) is 1. The van der Waals surface area contributed by atoms with E-state index in [1.54, 1.807) is 18.2 Å². The zero-order chi connectivity index (χ0) is 9.42. The van der Waals surface area contributed by atoms with Crippen molar-refractivity contribution < 1.29 is 14.3 Å². The summed E-state index contributed by atoms with van der Waals surface area (Å²) >= 11 is 0. The van der Waals surface area contributed by atoms with Crippen LogP contribution in [0.4, 0.5) is 0 Å². The van der Waals surface area contributed by atoms with Crippen LogP contribution in [0.1, 0.15) is 26.3 Å². The van der Waals surface area contributed by atoms with Gasteiger partial charge in [-0.15, -0.1) is 0 Å². The smallest absolute Gasteiger partial charge is 0.338 e. The molecule has 0 bridgehead atoms. The Morgan fingerprint density at radius 2 is 2.23 bits per heavy atom. The van der Waals surface area contributed by atoms with Gasteiger partial charge in [0.05, 0.1) is 5.56 Å². The third-order valence-corrected chi connectivity index (χ3v) is 2.01. The van der Waals surface area contributed by atoms with Gasteiger partial charge in [-0.2, -0.15) is 0 Å². The Kier molecular flexibility index (Phi) is 1.55. The van der Waals surface area contributed by atoms with Crippen LogP contribution in [-0.2, 0) is 11.3 Å². The predicted octanol–water partition coefficient (Wildman–Crippen LogP) is 0.456. The van der Waals surface area contributed by atoms with E-state index in [4.69, 9.17) is 10.5 Å². The molecule has 0 radical (unpaired) electrons. The van der Waals surface area contributed by atoms with Crippen LogP contribution < -0.4 is 5.73 Å². The summed E-state index contributed by atoms with van der Waals surface area (Å²) < 4.78 is 4.77. The number of cyclic esters (lactones) is 1. The van der Waals surface area contributed by atoms with Crippen molar-refractivity contribution in [2.45, 2.75) is 6.61 Å². The summed E-state index contributed by atoms with van der Waals surface area (Å²) in [6.07, 6.45) is 0. The average molecular weight is 177 g/mol. The first-order chi connectivity index (χ1) is 6.20. The van der Waals surface area contributed by atoms with Crippen molar-refractivity contribution in [1.82, 2.24) is 0 Å². The molecular formula is C9H7NO3. The zero-order valence-corrected chi connectivity index (χ0v) is 6.74. The Hall–Kier alpha value is -1.84. The van der Waals surface area contributed by atoms with Gasteiger partial charge in [-0.1, -0.05) is 6.07 Å². The molecular weight excluding hydrogens is 170 g/mol. The number of esters is 1. The number of hydrogen-bond donors (Lipinski definition) is 1. The minimum absolute atomic E-state index is 0.146. The minimum atomic E-state index is -0.532. The van der Waals surface area contributed by atoms with Crippen molar-refractivity contribution in [3.63, 3.8) is 0 Å². The van der Waals surface area contributed by atoms with Crippen LogP contribution in [-0.4, -0.2) is 11.9 Å². The van der Waals surface area contributed by atoms with Gasteiger partial charge in [0.15, 0.2) is 0 Å². The molecule has 4 heteroatoms. The lowest BCUT2D eigenvalue weighted by Gasteiger charge is -1.99. The molecule has 0 saturated heterocycles. The van der Waals surface area contributed by atoms with E-state index < -0.39 is 11.9 Å². The van der Waals surface area contributed by atoms with E-state index in [1.807, 2.05) is 0 Å². The molecule has 1 aromatic carbocycles. The number of hydrogen-bond acceptors (Lipinski definition) is 3. The van der Waals surface area contributed by atoms with Crippen molar-refractivity contribution in [3.05, 3.63) is 34.9 Å². The molecule has 0 spiro atoms. The van der Waals surface area contributed by atoms with Gasteiger partial charge in [-0.3, -0.25) is 4.79 Å². The number of nitrogens with two attached hydrogens (primary N) is 1. The monoisotopic (exact) mass is 177 g/mol. The van der Waals surface area contributed by atoms with Crippen LogP contribution in [0.3, 0.4) is 0 Å². The maximum absolute atomic E-state index is 11.1. The fourth-order valence-corrected chi connectivity index (χ4v) is 1.38. The highest BCUT2D eigenvalue weighted by Gasteiger charge is 2.24. The SMILES string of the molecule is NC(=O)c1cccc2c1COC2=O. The van der Waals surface area contributed by atoms with E-state index in [9.17, 15) is 9.59 Å². The molecule has 0 saturated carbocycles. The maximum atomic E-state index is 11.1. The second-order valence-corrected chi connectivity index (χ2v) is 2.77. The van der Waals surface area contributed by atoms with Gasteiger partial charge in [0.2, 0.25) is 5.91 Å². The van der Waals surface area contributed by atoms with E-state index in [0.29, 0.717) is 16.7 Å². The van der Waals surface area contributed by atoms with Crippen molar-refractivity contribution in [1.29, 1.82) is 0 Å². The lowest BCUT2D eigenvalue weighted by Crippen LogP contribution is -2.13. The fourth-order valence-electron chi connectivity index (χ4n) is 1.38. The lowest BCUT2D eigenvalue weighted by atomic mass is 10.0. The molecule has 2 N–H and O–H groups in total. The Morgan fingerprint density at radius 3 is 2.92 bits per heavy atom. The molecule has 1 amide bonds. The summed E-state index contributed by atoms with van der Waals surface area (Å²) in [4.78, 5) is 22.0. The van der Waals surface area contributed by atoms with Gasteiger partial charge in [0, 0.05) is 11.1 Å². The van der Waals surface area contributed by atoms with E-state index in [0.717, 1.165) is 0 Å². The summed E-state index contributed by atoms with van der Waals surface area (Å²) in [5.74, 6) is -0.923. The number of fused-ring (bicyclic) bond motifs is 1. The maximum Gasteiger partial charge on any atom is 0.338 e. The summed E-state index contributed by atoms with van der Waals surface area (Å²) in [5.41, 5.74) is 6.53. The normalized spacial score (nSPS) is 13.7. The number of primary amides is 1. The highest BCUT2D eigenvalue weighted by atomic mass is 16.5. The van der Waals surface area contributed by atoms with Gasteiger partial charge >= 0.3 is 5.97 Å². The third kappa shape index (κ3) is 1.07. The van der Waals surface area contributed by atoms with Crippen LogP contribution >= 0.6 is 0 Å². The Morgan fingerprint density at radius 1 is 1.46 bits per heavy atom. The molecule has 0 aromatic heterocycles. The average Bonchev–Trinajstić information content (AvgIpc) is 2.48. The molecule has 1 aliphatic rings. The van der Waals surface area contributed by atoms with Crippen molar-refractivity contribution >= 4 is 11.9 Å². The molecule has 0 aliphatic carbocycles.